The summed E-state index contributed by atoms with van der Waals surface area (Å²) in [5.41, 5.74) is 0.907. The number of hydrogen-bond donors (Lipinski definition) is 2. The predicted octanol–water partition coefficient (Wildman–Crippen LogP) is 3.71. The van der Waals surface area contributed by atoms with Gasteiger partial charge in [0.25, 0.3) is 0 Å². The Morgan fingerprint density at radius 3 is 2.73 bits per heavy atom. The molecule has 1 aliphatic heterocycles. The first kappa shape index (κ1) is 19.3. The highest BCUT2D eigenvalue weighted by molar-refractivity contribution is 7.45. The van der Waals surface area contributed by atoms with Gasteiger partial charge in [-0.15, -0.1) is 0 Å². The first-order chi connectivity index (χ1) is 12.6. The van der Waals surface area contributed by atoms with Crippen molar-refractivity contribution in [3.05, 3.63) is 24.5 Å². The minimum absolute atomic E-state index is 0.187. The fraction of sp³-hybridized carbons (Fsp3) is 0.579. The van der Waals surface area contributed by atoms with Crippen LogP contribution >= 0.6 is 8.38 Å². The average molecular weight is 377 g/mol. The maximum atomic E-state index is 9.11. The number of ether oxygens (including phenoxy) is 1. The standard InChI is InChI=1S/C19H28N3O3P/c1-3-14(2)25-16-4-5-17-18(12-16)20-13-21-19(17)22-9-6-15(7-10-22)8-11-26(23)24/h4-5,12-15,23-24H,3,6-11H2,1-2H3. The minimum Gasteiger partial charge on any atom is -0.491 e. The molecule has 26 heavy (non-hydrogen) atoms. The third-order valence-electron chi connectivity index (χ3n) is 5.15. The van der Waals surface area contributed by atoms with Crippen LogP contribution in [0.25, 0.3) is 10.9 Å². The van der Waals surface area contributed by atoms with Crippen molar-refractivity contribution in [2.75, 3.05) is 24.2 Å². The van der Waals surface area contributed by atoms with E-state index >= 15 is 0 Å². The summed E-state index contributed by atoms with van der Waals surface area (Å²) in [4.78, 5) is 29.5. The molecule has 1 unspecified atom stereocenters. The van der Waals surface area contributed by atoms with Crippen LogP contribution < -0.4 is 9.64 Å². The number of anilines is 1. The van der Waals surface area contributed by atoms with Crippen LogP contribution in [0.2, 0.25) is 0 Å². The summed E-state index contributed by atoms with van der Waals surface area (Å²) in [6.45, 7) is 6.06. The van der Waals surface area contributed by atoms with Crippen molar-refractivity contribution in [3.63, 3.8) is 0 Å². The van der Waals surface area contributed by atoms with E-state index < -0.39 is 8.38 Å². The zero-order chi connectivity index (χ0) is 18.5. The van der Waals surface area contributed by atoms with Gasteiger partial charge in [-0.25, -0.2) is 9.97 Å². The Morgan fingerprint density at radius 2 is 2.04 bits per heavy atom. The SMILES string of the molecule is CCC(C)Oc1ccc2c(N3CCC(CCP(O)O)CC3)ncnc2c1. The molecule has 1 aliphatic rings. The molecule has 142 valence electrons. The van der Waals surface area contributed by atoms with Crippen molar-refractivity contribution in [1.82, 2.24) is 9.97 Å². The zero-order valence-electron chi connectivity index (χ0n) is 15.5. The molecule has 1 aromatic carbocycles. The van der Waals surface area contributed by atoms with Gasteiger partial charge >= 0.3 is 0 Å². The van der Waals surface area contributed by atoms with Crippen LogP contribution in [0, 0.1) is 5.92 Å². The van der Waals surface area contributed by atoms with Crippen LogP contribution in [0.1, 0.15) is 39.5 Å². The Kier molecular flexibility index (Phi) is 6.63. The van der Waals surface area contributed by atoms with Crippen LogP contribution in [0.4, 0.5) is 5.82 Å². The smallest absolute Gasteiger partial charge is 0.164 e. The molecule has 1 saturated heterocycles. The second-order valence-corrected chi connectivity index (χ2v) is 8.22. The fourth-order valence-electron chi connectivity index (χ4n) is 3.40. The quantitative estimate of drug-likeness (QED) is 0.716. The summed E-state index contributed by atoms with van der Waals surface area (Å²) < 4.78 is 5.90. The molecule has 2 aromatic rings. The third kappa shape index (κ3) is 4.81. The summed E-state index contributed by atoms with van der Waals surface area (Å²) in [5.74, 6) is 2.40. The molecule has 2 N–H and O–H groups in total. The van der Waals surface area contributed by atoms with Crippen LogP contribution in [0.5, 0.6) is 5.75 Å². The van der Waals surface area contributed by atoms with Crippen LogP contribution in [0.3, 0.4) is 0 Å². The van der Waals surface area contributed by atoms with Crippen LogP contribution in [0.15, 0.2) is 24.5 Å². The minimum atomic E-state index is -1.76. The number of hydrogen-bond acceptors (Lipinski definition) is 6. The van der Waals surface area contributed by atoms with Gasteiger partial charge in [-0.1, -0.05) is 6.92 Å². The van der Waals surface area contributed by atoms with Gasteiger partial charge in [-0.05, 0) is 50.7 Å². The topological polar surface area (TPSA) is 78.7 Å². The highest BCUT2D eigenvalue weighted by Crippen LogP contribution is 2.33. The summed E-state index contributed by atoms with van der Waals surface area (Å²) in [6.07, 6.45) is 6.32. The van der Waals surface area contributed by atoms with Gasteiger partial charge in [-0.3, -0.25) is 0 Å². The molecular formula is C19H28N3O3P. The molecule has 6 nitrogen and oxygen atoms in total. The van der Waals surface area contributed by atoms with Crippen molar-refractivity contribution in [3.8, 4) is 5.75 Å². The van der Waals surface area contributed by atoms with Crippen molar-refractivity contribution in [2.24, 2.45) is 5.92 Å². The van der Waals surface area contributed by atoms with E-state index in [9.17, 15) is 0 Å². The summed E-state index contributed by atoms with van der Waals surface area (Å²) in [5, 5.41) is 1.05. The van der Waals surface area contributed by atoms with Crippen LogP contribution in [-0.2, 0) is 0 Å². The third-order valence-corrected chi connectivity index (χ3v) is 5.81. The average Bonchev–Trinajstić information content (AvgIpc) is 2.66. The second-order valence-electron chi connectivity index (χ2n) is 7.03. The van der Waals surface area contributed by atoms with Crippen molar-refractivity contribution < 1.29 is 14.5 Å². The maximum absolute atomic E-state index is 9.11. The molecule has 0 aliphatic carbocycles. The van der Waals surface area contributed by atoms with E-state index in [4.69, 9.17) is 14.5 Å². The van der Waals surface area contributed by atoms with E-state index in [1.54, 1.807) is 6.33 Å². The first-order valence-corrected chi connectivity index (χ1v) is 10.8. The van der Waals surface area contributed by atoms with Crippen molar-refractivity contribution >= 4 is 25.1 Å². The Hall–Kier alpha value is -1.49. The number of aromatic nitrogens is 2. The van der Waals surface area contributed by atoms with Gasteiger partial charge in [0.2, 0.25) is 0 Å². The highest BCUT2D eigenvalue weighted by Gasteiger charge is 2.22. The Labute approximate surface area is 156 Å². The van der Waals surface area contributed by atoms with E-state index in [-0.39, 0.29) is 6.10 Å². The number of rotatable bonds is 7. The lowest BCUT2D eigenvalue weighted by molar-refractivity contribution is 0.217. The van der Waals surface area contributed by atoms with Gasteiger partial charge in [0, 0.05) is 30.7 Å². The van der Waals surface area contributed by atoms with Gasteiger partial charge in [-0.2, -0.15) is 0 Å². The van der Waals surface area contributed by atoms with E-state index in [0.717, 1.165) is 61.2 Å². The van der Waals surface area contributed by atoms with Crippen LogP contribution in [-0.4, -0.2) is 45.1 Å². The number of benzene rings is 1. The molecule has 1 atom stereocenters. The monoisotopic (exact) mass is 377 g/mol. The largest absolute Gasteiger partial charge is 0.491 e. The molecule has 2 heterocycles. The number of piperidine rings is 1. The zero-order valence-corrected chi connectivity index (χ0v) is 16.4. The molecule has 1 fully saturated rings. The van der Waals surface area contributed by atoms with Crippen molar-refractivity contribution in [2.45, 2.75) is 45.6 Å². The molecule has 7 heteroatoms. The molecule has 0 bridgehead atoms. The lowest BCUT2D eigenvalue weighted by Crippen LogP contribution is -2.34. The predicted molar refractivity (Wildman–Crippen MR) is 106 cm³/mol. The number of fused-ring (bicyclic) bond motifs is 1. The molecule has 1 aromatic heterocycles. The molecular weight excluding hydrogens is 349 g/mol. The van der Waals surface area contributed by atoms with Gasteiger partial charge < -0.3 is 19.4 Å². The summed E-state index contributed by atoms with van der Waals surface area (Å²) >= 11 is 0. The van der Waals surface area contributed by atoms with E-state index in [0.29, 0.717) is 12.1 Å². The summed E-state index contributed by atoms with van der Waals surface area (Å²) in [6, 6.07) is 6.04. The van der Waals surface area contributed by atoms with Gasteiger partial charge in [0.1, 0.15) is 17.9 Å². The van der Waals surface area contributed by atoms with E-state index in [2.05, 4.69) is 34.8 Å². The van der Waals surface area contributed by atoms with Gasteiger partial charge in [0.05, 0.1) is 11.6 Å². The molecule has 0 spiro atoms. The van der Waals surface area contributed by atoms with Crippen molar-refractivity contribution in [1.29, 1.82) is 0 Å². The Bertz CT molecular complexity index is 720. The lowest BCUT2D eigenvalue weighted by atomic mass is 9.94. The first-order valence-electron chi connectivity index (χ1n) is 9.38. The molecule has 0 radical (unpaired) electrons. The normalized spacial score (nSPS) is 17.0. The van der Waals surface area contributed by atoms with E-state index in [1.807, 2.05) is 12.1 Å². The second kappa shape index (κ2) is 8.94. The maximum Gasteiger partial charge on any atom is 0.164 e. The van der Waals surface area contributed by atoms with Gasteiger partial charge in [0.15, 0.2) is 8.38 Å². The highest BCUT2D eigenvalue weighted by atomic mass is 31.2. The Morgan fingerprint density at radius 1 is 1.27 bits per heavy atom. The fourth-order valence-corrected chi connectivity index (χ4v) is 3.99. The van der Waals surface area contributed by atoms with E-state index in [1.165, 1.54) is 0 Å². The number of nitrogens with zero attached hydrogens (tertiary/aromatic N) is 3. The summed E-state index contributed by atoms with van der Waals surface area (Å²) in [7, 11) is -1.76. The molecule has 0 saturated carbocycles. The molecule has 0 amide bonds. The Balaban J connectivity index is 1.70. The molecule has 3 rings (SSSR count). The lowest BCUT2D eigenvalue weighted by Gasteiger charge is -2.33.